The van der Waals surface area contributed by atoms with Gasteiger partial charge in [0.05, 0.1) is 12.8 Å². The van der Waals surface area contributed by atoms with Gasteiger partial charge in [0.1, 0.15) is 18.0 Å². The van der Waals surface area contributed by atoms with Crippen molar-refractivity contribution in [1.82, 2.24) is 19.8 Å². The van der Waals surface area contributed by atoms with E-state index in [-0.39, 0.29) is 0 Å². The second kappa shape index (κ2) is 10.1. The summed E-state index contributed by atoms with van der Waals surface area (Å²) in [5, 5.41) is 1.18. The predicted molar refractivity (Wildman–Crippen MR) is 141 cm³/mol. The van der Waals surface area contributed by atoms with Crippen molar-refractivity contribution in [1.29, 1.82) is 0 Å². The largest absolute Gasteiger partial charge is 0.495 e. The van der Waals surface area contributed by atoms with Gasteiger partial charge in [0.15, 0.2) is 5.75 Å². The van der Waals surface area contributed by atoms with Gasteiger partial charge in [-0.05, 0) is 41.5 Å². The number of fused-ring (bicyclic) bond motifs is 3. The van der Waals surface area contributed by atoms with E-state index in [0.29, 0.717) is 6.73 Å². The van der Waals surface area contributed by atoms with E-state index in [1.807, 2.05) is 42.9 Å². The first-order chi connectivity index (χ1) is 17.8. The zero-order valence-corrected chi connectivity index (χ0v) is 20.6. The number of hydrogen-bond acceptors (Lipinski definition) is 7. The number of benzene rings is 2. The fraction of sp³-hybridized carbons (Fsp3) is 0.310. The molecule has 2 aliphatic rings. The average Bonchev–Trinajstić information content (AvgIpc) is 2.94. The van der Waals surface area contributed by atoms with Crippen LogP contribution in [0.5, 0.6) is 11.5 Å². The first-order valence-corrected chi connectivity index (χ1v) is 12.5. The van der Waals surface area contributed by atoms with Crippen LogP contribution in [-0.4, -0.2) is 59.8 Å². The summed E-state index contributed by atoms with van der Waals surface area (Å²) in [4.78, 5) is 16.3. The molecule has 0 N–H and O–H groups in total. The Kier molecular flexibility index (Phi) is 6.40. The SMILES string of the molecule is COc1ccccc1N1CCN(Cc2cc3c(c4ncccc24)OCN(Cc2cccnc2)C3)CC1. The summed E-state index contributed by atoms with van der Waals surface area (Å²) in [6, 6.07) is 18.9. The van der Waals surface area contributed by atoms with Gasteiger partial charge in [0.25, 0.3) is 0 Å². The van der Waals surface area contributed by atoms with Gasteiger partial charge >= 0.3 is 0 Å². The number of nitrogens with zero attached hydrogens (tertiary/aromatic N) is 5. The van der Waals surface area contributed by atoms with E-state index < -0.39 is 0 Å². The summed E-state index contributed by atoms with van der Waals surface area (Å²) in [5.41, 5.74) is 5.86. The number of hydrogen-bond donors (Lipinski definition) is 0. The minimum Gasteiger partial charge on any atom is -0.495 e. The van der Waals surface area contributed by atoms with Crippen molar-refractivity contribution >= 4 is 16.6 Å². The summed E-state index contributed by atoms with van der Waals surface area (Å²) >= 11 is 0. The van der Waals surface area contributed by atoms with E-state index in [9.17, 15) is 0 Å². The molecule has 0 bridgehead atoms. The summed E-state index contributed by atoms with van der Waals surface area (Å²) in [7, 11) is 1.74. The van der Waals surface area contributed by atoms with Crippen LogP contribution < -0.4 is 14.4 Å². The Morgan fingerprint density at radius 2 is 1.78 bits per heavy atom. The van der Waals surface area contributed by atoms with Crippen molar-refractivity contribution in [3.8, 4) is 11.5 Å². The second-order valence-electron chi connectivity index (χ2n) is 9.48. The standard InChI is InChI=1S/C29H31N5O2/c1-35-27-9-3-2-8-26(27)34-14-12-32(13-15-34)19-23-16-24-20-33(18-22-6-4-10-30-17-22)21-36-29(24)28-25(23)7-5-11-31-28/h2-11,16-17H,12-15,18-21H2,1H3. The van der Waals surface area contributed by atoms with Crippen molar-refractivity contribution in [2.24, 2.45) is 0 Å². The number of pyridine rings is 2. The van der Waals surface area contributed by atoms with Gasteiger partial charge in [-0.1, -0.05) is 24.3 Å². The average molecular weight is 482 g/mol. The molecule has 0 aliphatic carbocycles. The van der Waals surface area contributed by atoms with E-state index in [0.717, 1.165) is 62.8 Å². The number of para-hydroxylation sites is 2. The number of ether oxygens (including phenoxy) is 2. The van der Waals surface area contributed by atoms with Gasteiger partial charge in [0, 0.05) is 75.4 Å². The summed E-state index contributed by atoms with van der Waals surface area (Å²) in [5.74, 6) is 1.87. The van der Waals surface area contributed by atoms with Crippen LogP contribution in [0.2, 0.25) is 0 Å². The number of methoxy groups -OCH3 is 1. The molecule has 36 heavy (non-hydrogen) atoms. The maximum atomic E-state index is 6.26. The fourth-order valence-electron chi connectivity index (χ4n) is 5.33. The lowest BCUT2D eigenvalue weighted by molar-refractivity contribution is 0.0899. The maximum absolute atomic E-state index is 6.26. The van der Waals surface area contributed by atoms with Crippen LogP contribution in [0.1, 0.15) is 16.7 Å². The third kappa shape index (κ3) is 4.59. The van der Waals surface area contributed by atoms with Crippen LogP contribution in [0.4, 0.5) is 5.69 Å². The van der Waals surface area contributed by atoms with Gasteiger partial charge < -0.3 is 14.4 Å². The minimum atomic E-state index is 0.553. The Balaban J connectivity index is 1.20. The molecule has 0 radical (unpaired) electrons. The molecule has 4 aromatic rings. The van der Waals surface area contributed by atoms with Crippen LogP contribution in [-0.2, 0) is 19.6 Å². The topological polar surface area (TPSA) is 54.0 Å². The maximum Gasteiger partial charge on any atom is 0.152 e. The molecule has 0 saturated carbocycles. The molecule has 2 aliphatic heterocycles. The van der Waals surface area contributed by atoms with E-state index >= 15 is 0 Å². The summed E-state index contributed by atoms with van der Waals surface area (Å²) in [6.07, 6.45) is 5.60. The van der Waals surface area contributed by atoms with Crippen LogP contribution in [0.25, 0.3) is 10.9 Å². The van der Waals surface area contributed by atoms with Crippen molar-refractivity contribution in [2.45, 2.75) is 19.6 Å². The third-order valence-electron chi connectivity index (χ3n) is 7.12. The van der Waals surface area contributed by atoms with Gasteiger partial charge in [-0.25, -0.2) is 0 Å². The summed E-state index contributed by atoms with van der Waals surface area (Å²) in [6.45, 7) is 7.06. The Morgan fingerprint density at radius 1 is 0.917 bits per heavy atom. The molecule has 0 unspecified atom stereocenters. The summed E-state index contributed by atoms with van der Waals surface area (Å²) < 4.78 is 11.8. The molecule has 184 valence electrons. The van der Waals surface area contributed by atoms with Crippen LogP contribution in [0, 0.1) is 0 Å². The highest BCUT2D eigenvalue weighted by molar-refractivity contribution is 5.89. The van der Waals surface area contributed by atoms with Gasteiger partial charge in [-0.2, -0.15) is 0 Å². The molecule has 1 saturated heterocycles. The molecule has 4 heterocycles. The predicted octanol–water partition coefficient (Wildman–Crippen LogP) is 4.31. The normalized spacial score (nSPS) is 16.5. The molecule has 2 aromatic carbocycles. The Labute approximate surface area is 211 Å². The zero-order valence-electron chi connectivity index (χ0n) is 20.6. The smallest absolute Gasteiger partial charge is 0.152 e. The second-order valence-corrected chi connectivity index (χ2v) is 9.48. The quantitative estimate of drug-likeness (QED) is 0.407. The lowest BCUT2D eigenvalue weighted by Crippen LogP contribution is -2.46. The molecule has 0 amide bonds. The van der Waals surface area contributed by atoms with Crippen LogP contribution >= 0.6 is 0 Å². The van der Waals surface area contributed by atoms with Crippen LogP contribution in [0.15, 0.2) is 73.2 Å². The number of aromatic nitrogens is 2. The molecular weight excluding hydrogens is 450 g/mol. The van der Waals surface area contributed by atoms with E-state index in [1.165, 1.54) is 27.8 Å². The van der Waals surface area contributed by atoms with Crippen molar-refractivity contribution in [2.75, 3.05) is 44.9 Å². The lowest BCUT2D eigenvalue weighted by atomic mass is 10.0. The molecule has 2 aromatic heterocycles. The molecule has 7 nitrogen and oxygen atoms in total. The van der Waals surface area contributed by atoms with Crippen LogP contribution in [0.3, 0.4) is 0 Å². The van der Waals surface area contributed by atoms with Gasteiger partial charge in [0.2, 0.25) is 0 Å². The highest BCUT2D eigenvalue weighted by Gasteiger charge is 2.24. The first kappa shape index (κ1) is 22.8. The lowest BCUT2D eigenvalue weighted by Gasteiger charge is -2.37. The molecule has 7 heteroatoms. The van der Waals surface area contributed by atoms with Gasteiger partial charge in [-0.3, -0.25) is 19.8 Å². The fourth-order valence-corrected chi connectivity index (χ4v) is 5.33. The van der Waals surface area contributed by atoms with Crippen molar-refractivity contribution in [3.63, 3.8) is 0 Å². The monoisotopic (exact) mass is 481 g/mol. The van der Waals surface area contributed by atoms with E-state index in [1.54, 1.807) is 7.11 Å². The highest BCUT2D eigenvalue weighted by Crippen LogP contribution is 2.36. The molecule has 0 atom stereocenters. The minimum absolute atomic E-state index is 0.553. The number of piperazine rings is 1. The number of rotatable bonds is 6. The molecule has 6 rings (SSSR count). The van der Waals surface area contributed by atoms with E-state index in [2.05, 4.69) is 50.0 Å². The number of anilines is 1. The van der Waals surface area contributed by atoms with Crippen molar-refractivity contribution < 1.29 is 9.47 Å². The highest BCUT2D eigenvalue weighted by atomic mass is 16.5. The molecule has 1 fully saturated rings. The Morgan fingerprint density at radius 3 is 2.61 bits per heavy atom. The Bertz CT molecular complexity index is 1340. The van der Waals surface area contributed by atoms with E-state index in [4.69, 9.17) is 14.5 Å². The molecule has 0 spiro atoms. The molecular formula is C29H31N5O2. The third-order valence-corrected chi connectivity index (χ3v) is 7.12. The van der Waals surface area contributed by atoms with Gasteiger partial charge in [-0.15, -0.1) is 0 Å². The first-order valence-electron chi connectivity index (χ1n) is 12.5. The Hall–Kier alpha value is -3.68. The van der Waals surface area contributed by atoms with Crippen molar-refractivity contribution in [3.05, 3.63) is 89.9 Å². The zero-order chi connectivity index (χ0) is 24.3.